The molecule has 0 spiro atoms. The molecular weight excluding hydrogens is 350 g/mol. The Bertz CT molecular complexity index is 1000. The van der Waals surface area contributed by atoms with Gasteiger partial charge in [0.1, 0.15) is 5.75 Å². The van der Waals surface area contributed by atoms with Gasteiger partial charge in [0.25, 0.3) is 5.91 Å². The van der Waals surface area contributed by atoms with E-state index in [1.54, 1.807) is 12.4 Å². The van der Waals surface area contributed by atoms with E-state index in [4.69, 9.17) is 4.74 Å². The smallest absolute Gasteiger partial charge is 0.259 e. The summed E-state index contributed by atoms with van der Waals surface area (Å²) in [6.45, 7) is 4.68. The molecule has 5 nitrogen and oxygen atoms in total. The van der Waals surface area contributed by atoms with Gasteiger partial charge in [0.2, 0.25) is 0 Å². The minimum Gasteiger partial charge on any atom is -0.489 e. The van der Waals surface area contributed by atoms with Crippen LogP contribution in [0.25, 0.3) is 0 Å². The Kier molecular flexibility index (Phi) is 4.98. The van der Waals surface area contributed by atoms with Crippen molar-refractivity contribution in [3.8, 4) is 5.75 Å². The Morgan fingerprint density at radius 2 is 1.89 bits per heavy atom. The predicted octanol–water partition coefficient (Wildman–Crippen LogP) is 4.82. The fourth-order valence-electron chi connectivity index (χ4n) is 3.41. The van der Waals surface area contributed by atoms with Gasteiger partial charge in [-0.15, -0.1) is 0 Å². The molecule has 0 unspecified atom stereocenters. The maximum atomic E-state index is 13.1. The molecule has 2 aromatic carbocycles. The van der Waals surface area contributed by atoms with Crippen molar-refractivity contribution in [2.75, 3.05) is 16.8 Å². The van der Waals surface area contributed by atoms with Crippen LogP contribution in [0.2, 0.25) is 0 Å². The molecular formula is C23H23N3O2. The van der Waals surface area contributed by atoms with Crippen LogP contribution in [0.4, 0.5) is 17.1 Å². The molecule has 0 aliphatic carbocycles. The highest BCUT2D eigenvalue weighted by molar-refractivity contribution is 6.07. The van der Waals surface area contributed by atoms with Crippen molar-refractivity contribution in [2.45, 2.75) is 26.4 Å². The molecule has 28 heavy (non-hydrogen) atoms. The van der Waals surface area contributed by atoms with Crippen molar-refractivity contribution in [3.05, 3.63) is 78.1 Å². The second kappa shape index (κ2) is 7.72. The summed E-state index contributed by atoms with van der Waals surface area (Å²) in [6.07, 6.45) is 4.28. The first-order chi connectivity index (χ1) is 13.6. The van der Waals surface area contributed by atoms with Crippen LogP contribution in [0.15, 0.2) is 67.0 Å². The Hall–Kier alpha value is -3.34. The Labute approximate surface area is 165 Å². The lowest BCUT2D eigenvalue weighted by Crippen LogP contribution is -2.29. The van der Waals surface area contributed by atoms with Gasteiger partial charge in [-0.2, -0.15) is 0 Å². The molecule has 4 rings (SSSR count). The number of rotatable bonds is 5. The fourth-order valence-corrected chi connectivity index (χ4v) is 3.41. The third-order valence-electron chi connectivity index (χ3n) is 4.65. The molecule has 0 saturated carbocycles. The number of ether oxygens (including phenoxy) is 1. The Morgan fingerprint density at radius 1 is 1.11 bits per heavy atom. The number of nitrogens with zero attached hydrogens (tertiary/aromatic N) is 2. The zero-order chi connectivity index (χ0) is 19.5. The van der Waals surface area contributed by atoms with Crippen LogP contribution in [0.1, 0.15) is 29.8 Å². The van der Waals surface area contributed by atoms with E-state index in [2.05, 4.69) is 16.4 Å². The number of amides is 1. The van der Waals surface area contributed by atoms with Crippen LogP contribution >= 0.6 is 0 Å². The predicted molar refractivity (Wildman–Crippen MR) is 112 cm³/mol. The van der Waals surface area contributed by atoms with Crippen molar-refractivity contribution in [1.82, 2.24) is 4.98 Å². The molecule has 2 heterocycles. The Balaban J connectivity index is 1.57. The highest BCUT2D eigenvalue weighted by atomic mass is 16.5. The summed E-state index contributed by atoms with van der Waals surface area (Å²) < 4.78 is 5.86. The summed E-state index contributed by atoms with van der Waals surface area (Å²) in [6, 6.07) is 17.6. The largest absolute Gasteiger partial charge is 0.489 e. The molecule has 1 N–H and O–H groups in total. The molecule has 0 fully saturated rings. The average molecular weight is 373 g/mol. The molecule has 1 amide bonds. The number of para-hydroxylation sites is 3. The van der Waals surface area contributed by atoms with Crippen molar-refractivity contribution in [2.24, 2.45) is 0 Å². The fraction of sp³-hybridized carbons (Fsp3) is 0.217. The molecule has 3 aromatic rings. The monoisotopic (exact) mass is 373 g/mol. The van der Waals surface area contributed by atoms with Gasteiger partial charge in [-0.3, -0.25) is 9.78 Å². The SMILES string of the molecule is CC(C)Oc1ccccc1Nc1cncc(C(=O)N2CCc3ccccc32)c1. The number of benzene rings is 2. The minimum atomic E-state index is -0.0344. The number of hydrogen-bond acceptors (Lipinski definition) is 4. The summed E-state index contributed by atoms with van der Waals surface area (Å²) in [4.78, 5) is 19.2. The van der Waals surface area contributed by atoms with Gasteiger partial charge in [0.05, 0.1) is 29.2 Å². The molecule has 1 aliphatic rings. The van der Waals surface area contributed by atoms with E-state index in [9.17, 15) is 4.79 Å². The van der Waals surface area contributed by atoms with Gasteiger partial charge in [-0.1, -0.05) is 30.3 Å². The average Bonchev–Trinajstić information content (AvgIpc) is 3.13. The summed E-state index contributed by atoms with van der Waals surface area (Å²) >= 11 is 0. The number of nitrogens with one attached hydrogen (secondary N) is 1. The first-order valence-electron chi connectivity index (χ1n) is 9.49. The summed E-state index contributed by atoms with van der Waals surface area (Å²) in [7, 11) is 0. The third-order valence-corrected chi connectivity index (χ3v) is 4.65. The van der Waals surface area contributed by atoms with Crippen molar-refractivity contribution in [1.29, 1.82) is 0 Å². The van der Waals surface area contributed by atoms with Crippen LogP contribution in [0.5, 0.6) is 5.75 Å². The molecule has 0 saturated heterocycles. The van der Waals surface area contributed by atoms with E-state index in [0.29, 0.717) is 12.1 Å². The zero-order valence-corrected chi connectivity index (χ0v) is 16.1. The third kappa shape index (κ3) is 3.69. The van der Waals surface area contributed by atoms with Crippen LogP contribution in [0.3, 0.4) is 0 Å². The van der Waals surface area contributed by atoms with E-state index in [1.165, 1.54) is 5.56 Å². The number of aromatic nitrogens is 1. The lowest BCUT2D eigenvalue weighted by atomic mass is 10.2. The number of carbonyl (C=O) groups excluding carboxylic acids is 1. The number of fused-ring (bicyclic) bond motifs is 1. The standard InChI is InChI=1S/C23H23N3O2/c1-16(2)28-22-10-6-4-8-20(22)25-19-13-18(14-24-15-19)23(27)26-12-11-17-7-3-5-9-21(17)26/h3-10,13-16,25H,11-12H2,1-2H3. The van der Waals surface area contributed by atoms with Crippen molar-refractivity contribution >= 4 is 23.0 Å². The van der Waals surface area contributed by atoms with E-state index >= 15 is 0 Å². The quantitative estimate of drug-likeness (QED) is 0.697. The number of hydrogen-bond donors (Lipinski definition) is 1. The molecule has 142 valence electrons. The maximum absolute atomic E-state index is 13.1. The van der Waals surface area contributed by atoms with E-state index in [0.717, 1.165) is 29.2 Å². The van der Waals surface area contributed by atoms with Crippen LogP contribution in [-0.2, 0) is 6.42 Å². The van der Waals surface area contributed by atoms with E-state index in [1.807, 2.05) is 67.3 Å². The number of anilines is 3. The topological polar surface area (TPSA) is 54.5 Å². The molecule has 5 heteroatoms. The molecule has 1 aromatic heterocycles. The normalized spacial score (nSPS) is 12.8. The van der Waals surface area contributed by atoms with E-state index < -0.39 is 0 Å². The first-order valence-corrected chi connectivity index (χ1v) is 9.49. The van der Waals surface area contributed by atoms with Crippen LogP contribution in [0, 0.1) is 0 Å². The van der Waals surface area contributed by atoms with Gasteiger partial charge in [-0.05, 0) is 50.1 Å². The van der Waals surface area contributed by atoms with Gasteiger partial charge in [-0.25, -0.2) is 0 Å². The Morgan fingerprint density at radius 3 is 2.75 bits per heavy atom. The van der Waals surface area contributed by atoms with Gasteiger partial charge < -0.3 is 15.0 Å². The minimum absolute atomic E-state index is 0.0344. The summed E-state index contributed by atoms with van der Waals surface area (Å²) in [5.74, 6) is 0.732. The first kappa shape index (κ1) is 18.0. The number of pyridine rings is 1. The molecule has 1 aliphatic heterocycles. The molecule has 0 atom stereocenters. The second-order valence-electron chi connectivity index (χ2n) is 7.09. The zero-order valence-electron chi connectivity index (χ0n) is 16.1. The summed E-state index contributed by atoms with van der Waals surface area (Å²) in [5, 5.41) is 3.32. The highest BCUT2D eigenvalue weighted by Gasteiger charge is 2.25. The maximum Gasteiger partial charge on any atom is 0.259 e. The lowest BCUT2D eigenvalue weighted by molar-refractivity contribution is 0.0989. The molecule has 0 radical (unpaired) electrons. The van der Waals surface area contributed by atoms with Gasteiger partial charge in [0, 0.05) is 18.4 Å². The van der Waals surface area contributed by atoms with Gasteiger partial charge >= 0.3 is 0 Å². The molecule has 0 bridgehead atoms. The van der Waals surface area contributed by atoms with Crippen molar-refractivity contribution in [3.63, 3.8) is 0 Å². The van der Waals surface area contributed by atoms with Gasteiger partial charge in [0.15, 0.2) is 0 Å². The second-order valence-corrected chi connectivity index (χ2v) is 7.09. The van der Waals surface area contributed by atoms with E-state index in [-0.39, 0.29) is 12.0 Å². The van der Waals surface area contributed by atoms with Crippen LogP contribution < -0.4 is 15.0 Å². The van der Waals surface area contributed by atoms with Crippen molar-refractivity contribution < 1.29 is 9.53 Å². The highest BCUT2D eigenvalue weighted by Crippen LogP contribution is 2.31. The lowest BCUT2D eigenvalue weighted by Gasteiger charge is -2.18. The summed E-state index contributed by atoms with van der Waals surface area (Å²) in [5.41, 5.74) is 4.34. The van der Waals surface area contributed by atoms with Crippen LogP contribution in [-0.4, -0.2) is 23.5 Å². The number of carbonyl (C=O) groups is 1.